The zero-order valence-electron chi connectivity index (χ0n) is 7.39. The van der Waals surface area contributed by atoms with Crippen molar-refractivity contribution >= 4 is 0 Å². The van der Waals surface area contributed by atoms with Gasteiger partial charge in [-0.15, -0.1) is 0 Å². The Balaban J connectivity index is 2.68. The van der Waals surface area contributed by atoms with Gasteiger partial charge in [-0.05, 0) is 24.6 Å². The molecule has 0 unspecified atom stereocenters. The van der Waals surface area contributed by atoms with E-state index in [1.54, 1.807) is 6.92 Å². The molecule has 1 aromatic rings. The van der Waals surface area contributed by atoms with Crippen LogP contribution in [-0.4, -0.2) is 12.8 Å². The van der Waals surface area contributed by atoms with Gasteiger partial charge in [0.15, 0.2) is 12.4 Å². The predicted octanol–water partition coefficient (Wildman–Crippen LogP) is 3.08. The van der Waals surface area contributed by atoms with Crippen LogP contribution in [0.15, 0.2) is 18.2 Å². The highest BCUT2D eigenvalue weighted by atomic mass is 19.4. The summed E-state index contributed by atoms with van der Waals surface area (Å²) in [5.74, 6) is -0.408. The monoisotopic (exact) mass is 205 g/mol. The van der Waals surface area contributed by atoms with Crippen LogP contribution in [0.1, 0.15) is 5.56 Å². The minimum atomic E-state index is -4.38. The first kappa shape index (κ1) is 10.7. The number of benzene rings is 1. The smallest absolute Gasteiger partial charge is 0.422 e. The van der Waals surface area contributed by atoms with E-state index in [0.29, 0.717) is 5.56 Å². The van der Waals surface area contributed by atoms with Gasteiger partial charge in [0.1, 0.15) is 5.75 Å². The number of hydrogen-bond acceptors (Lipinski definition) is 1. The van der Waals surface area contributed by atoms with Crippen LogP contribution >= 0.6 is 0 Å². The fourth-order valence-corrected chi connectivity index (χ4v) is 0.962. The Morgan fingerprint density at radius 2 is 1.93 bits per heavy atom. The van der Waals surface area contributed by atoms with Crippen molar-refractivity contribution in [1.29, 1.82) is 0 Å². The molecule has 0 aliphatic rings. The average molecular weight is 205 g/mol. The van der Waals surface area contributed by atoms with Crippen molar-refractivity contribution in [3.8, 4) is 11.5 Å². The summed E-state index contributed by atoms with van der Waals surface area (Å²) in [6.07, 6.45) is -4.38. The molecule has 1 radical (unpaired) electrons. The summed E-state index contributed by atoms with van der Waals surface area (Å²) < 4.78 is 39.6. The summed E-state index contributed by atoms with van der Waals surface area (Å²) in [6, 6.07) is 3.73. The Labute approximate surface area is 78.9 Å². The molecule has 1 aromatic carbocycles. The molecule has 14 heavy (non-hydrogen) atoms. The summed E-state index contributed by atoms with van der Waals surface area (Å²) in [5.41, 5.74) is 0.578. The third kappa shape index (κ3) is 3.55. The first-order valence-electron chi connectivity index (χ1n) is 3.85. The zero-order chi connectivity index (χ0) is 10.8. The number of alkyl halides is 3. The quantitative estimate of drug-likeness (QED) is 0.729. The number of hydrogen-bond donors (Lipinski definition) is 0. The van der Waals surface area contributed by atoms with Gasteiger partial charge in [-0.2, -0.15) is 13.2 Å². The molecule has 0 aromatic heterocycles. The van der Waals surface area contributed by atoms with Crippen LogP contribution in [0.2, 0.25) is 0 Å². The number of aryl methyl sites for hydroxylation is 1. The van der Waals surface area contributed by atoms with Gasteiger partial charge in [0.25, 0.3) is 0 Å². The molecule has 5 heteroatoms. The van der Waals surface area contributed by atoms with Crippen molar-refractivity contribution in [2.75, 3.05) is 6.61 Å². The lowest BCUT2D eigenvalue weighted by Gasteiger charge is -2.09. The van der Waals surface area contributed by atoms with Crippen molar-refractivity contribution in [2.24, 2.45) is 0 Å². The lowest BCUT2D eigenvalue weighted by atomic mass is 10.2. The summed E-state index contributed by atoms with van der Waals surface area (Å²) in [4.78, 5) is 0. The van der Waals surface area contributed by atoms with Gasteiger partial charge in [-0.3, -0.25) is 5.11 Å². The second-order valence-electron chi connectivity index (χ2n) is 2.89. The van der Waals surface area contributed by atoms with E-state index in [4.69, 9.17) is 0 Å². The molecule has 0 amide bonds. The summed E-state index contributed by atoms with van der Waals surface area (Å²) in [6.45, 7) is 0.234. The maximum absolute atomic E-state index is 11.7. The highest BCUT2D eigenvalue weighted by molar-refractivity contribution is 5.36. The summed E-state index contributed by atoms with van der Waals surface area (Å²) in [5, 5.41) is 10.9. The fourth-order valence-electron chi connectivity index (χ4n) is 0.962. The Morgan fingerprint density at radius 1 is 1.29 bits per heavy atom. The highest BCUT2D eigenvalue weighted by Crippen LogP contribution is 2.24. The predicted molar refractivity (Wildman–Crippen MR) is 42.9 cm³/mol. The minimum Gasteiger partial charge on any atom is -0.484 e. The van der Waals surface area contributed by atoms with E-state index in [2.05, 4.69) is 4.74 Å². The molecule has 0 spiro atoms. The molecule has 0 heterocycles. The molecule has 0 fully saturated rings. The van der Waals surface area contributed by atoms with Crippen molar-refractivity contribution in [3.63, 3.8) is 0 Å². The third-order valence-corrected chi connectivity index (χ3v) is 1.43. The van der Waals surface area contributed by atoms with E-state index < -0.39 is 12.8 Å². The molecular weight excluding hydrogens is 197 g/mol. The Hall–Kier alpha value is -1.39. The van der Waals surface area contributed by atoms with E-state index in [1.807, 2.05) is 0 Å². The molecule has 0 atom stereocenters. The molecule has 0 saturated carbocycles. The van der Waals surface area contributed by atoms with Gasteiger partial charge in [0, 0.05) is 6.07 Å². The van der Waals surface area contributed by atoms with Gasteiger partial charge < -0.3 is 4.74 Å². The highest BCUT2D eigenvalue weighted by Gasteiger charge is 2.28. The lowest BCUT2D eigenvalue weighted by Crippen LogP contribution is -2.19. The second kappa shape index (κ2) is 3.77. The lowest BCUT2D eigenvalue weighted by molar-refractivity contribution is -0.153. The molecule has 0 saturated heterocycles. The van der Waals surface area contributed by atoms with Gasteiger partial charge in [-0.1, -0.05) is 0 Å². The van der Waals surface area contributed by atoms with Crippen molar-refractivity contribution in [3.05, 3.63) is 23.8 Å². The largest absolute Gasteiger partial charge is 0.484 e. The normalized spacial score (nSPS) is 11.4. The topological polar surface area (TPSA) is 29.1 Å². The van der Waals surface area contributed by atoms with E-state index in [-0.39, 0.29) is 11.5 Å². The molecule has 77 valence electrons. The second-order valence-corrected chi connectivity index (χ2v) is 2.89. The fraction of sp³-hybridized carbons (Fsp3) is 0.333. The van der Waals surface area contributed by atoms with Crippen LogP contribution in [0, 0.1) is 6.92 Å². The molecule has 0 aliphatic carbocycles. The van der Waals surface area contributed by atoms with Crippen molar-refractivity contribution < 1.29 is 23.0 Å². The Morgan fingerprint density at radius 3 is 2.43 bits per heavy atom. The molecule has 2 nitrogen and oxygen atoms in total. The van der Waals surface area contributed by atoms with Crippen molar-refractivity contribution in [2.45, 2.75) is 13.1 Å². The maximum Gasteiger partial charge on any atom is 0.422 e. The SMILES string of the molecule is Cc1cc([O])cc(OCC(F)(F)F)c1. The van der Waals surface area contributed by atoms with E-state index in [9.17, 15) is 18.3 Å². The molecule has 1 rings (SSSR count). The molecule has 0 aliphatic heterocycles. The number of halogens is 3. The van der Waals surface area contributed by atoms with Crippen LogP contribution in [0.25, 0.3) is 0 Å². The Bertz CT molecular complexity index is 300. The van der Waals surface area contributed by atoms with E-state index in [0.717, 1.165) is 6.07 Å². The first-order chi connectivity index (χ1) is 6.37. The molecule has 0 bridgehead atoms. The van der Waals surface area contributed by atoms with Gasteiger partial charge in [0.05, 0.1) is 0 Å². The molecule has 0 N–H and O–H groups in total. The summed E-state index contributed by atoms with van der Waals surface area (Å²) in [7, 11) is 0. The van der Waals surface area contributed by atoms with E-state index >= 15 is 0 Å². The van der Waals surface area contributed by atoms with Crippen LogP contribution in [-0.2, 0) is 5.11 Å². The van der Waals surface area contributed by atoms with E-state index in [1.165, 1.54) is 12.1 Å². The number of rotatable bonds is 2. The van der Waals surface area contributed by atoms with Crippen LogP contribution in [0.3, 0.4) is 0 Å². The number of ether oxygens (including phenoxy) is 1. The summed E-state index contributed by atoms with van der Waals surface area (Å²) >= 11 is 0. The van der Waals surface area contributed by atoms with Crippen LogP contribution in [0.5, 0.6) is 11.5 Å². The van der Waals surface area contributed by atoms with Gasteiger partial charge >= 0.3 is 6.18 Å². The standard InChI is InChI=1S/C9H8F3O2/c1-6-2-7(13)4-8(3-6)14-5-9(10,11)12/h2-4H,5H2,1H3. The van der Waals surface area contributed by atoms with Crippen molar-refractivity contribution in [1.82, 2.24) is 0 Å². The average Bonchev–Trinajstić information content (AvgIpc) is 1.97. The van der Waals surface area contributed by atoms with Crippen LogP contribution in [0.4, 0.5) is 13.2 Å². The molecular formula is C9H8F3O2. The Kier molecular flexibility index (Phi) is 2.88. The van der Waals surface area contributed by atoms with Gasteiger partial charge in [0.2, 0.25) is 0 Å². The first-order valence-corrected chi connectivity index (χ1v) is 3.85. The third-order valence-electron chi connectivity index (χ3n) is 1.43. The minimum absolute atomic E-state index is 0.0488. The zero-order valence-corrected chi connectivity index (χ0v) is 7.39. The maximum atomic E-state index is 11.7. The van der Waals surface area contributed by atoms with Gasteiger partial charge in [-0.25, -0.2) is 0 Å². The van der Waals surface area contributed by atoms with Crippen LogP contribution < -0.4 is 4.74 Å².